The van der Waals surface area contributed by atoms with E-state index in [0.29, 0.717) is 12.3 Å². The second-order valence-corrected chi connectivity index (χ2v) is 8.69. The molecule has 0 atom stereocenters. The number of piperazine rings is 1. The van der Waals surface area contributed by atoms with E-state index < -0.39 is 0 Å². The van der Waals surface area contributed by atoms with E-state index in [9.17, 15) is 4.79 Å². The highest BCUT2D eigenvalue weighted by Gasteiger charge is 2.23. The summed E-state index contributed by atoms with van der Waals surface area (Å²) in [5.41, 5.74) is 2.75. The molecule has 2 fully saturated rings. The summed E-state index contributed by atoms with van der Waals surface area (Å²) in [5, 5.41) is 6.33. The zero-order valence-corrected chi connectivity index (χ0v) is 19.6. The first-order chi connectivity index (χ1) is 15.1. The molecular weight excluding hydrogens is 388 g/mol. The molecule has 2 saturated heterocycles. The third-order valence-electron chi connectivity index (χ3n) is 6.74. The first kappa shape index (κ1) is 23.5. The Morgan fingerprint density at radius 3 is 2.29 bits per heavy atom. The Bertz CT molecular complexity index is 721. The van der Waals surface area contributed by atoms with Crippen LogP contribution in [0.3, 0.4) is 0 Å². The molecule has 1 amide bonds. The van der Waals surface area contributed by atoms with Gasteiger partial charge in [0.2, 0.25) is 5.91 Å². The number of amides is 1. The van der Waals surface area contributed by atoms with Gasteiger partial charge in [-0.3, -0.25) is 14.7 Å². The molecule has 7 nitrogen and oxygen atoms in total. The number of piperidine rings is 1. The van der Waals surface area contributed by atoms with Gasteiger partial charge in [0.1, 0.15) is 0 Å². The maximum atomic E-state index is 11.7. The van der Waals surface area contributed by atoms with Crippen LogP contribution < -0.4 is 10.6 Å². The van der Waals surface area contributed by atoms with Crippen molar-refractivity contribution in [1.29, 1.82) is 0 Å². The van der Waals surface area contributed by atoms with Gasteiger partial charge in [-0.15, -0.1) is 0 Å². The van der Waals surface area contributed by atoms with Crippen LogP contribution in [0, 0.1) is 5.92 Å². The lowest BCUT2D eigenvalue weighted by molar-refractivity contribution is -0.121. The van der Waals surface area contributed by atoms with E-state index in [1.54, 1.807) is 7.05 Å². The molecule has 2 aliphatic heterocycles. The predicted octanol–water partition coefficient (Wildman–Crippen LogP) is 1.75. The molecule has 0 saturated carbocycles. The third kappa shape index (κ3) is 6.94. The molecule has 172 valence electrons. The molecule has 0 spiro atoms. The Balaban J connectivity index is 1.50. The topological polar surface area (TPSA) is 63.2 Å². The number of likely N-dealkylation sites (tertiary alicyclic amines) is 1. The van der Waals surface area contributed by atoms with Crippen LogP contribution in [0.4, 0.5) is 0 Å². The monoisotopic (exact) mass is 428 g/mol. The van der Waals surface area contributed by atoms with E-state index in [0.717, 1.165) is 64.6 Å². The number of nitrogens with one attached hydrogen (secondary N) is 2. The Morgan fingerprint density at radius 2 is 1.68 bits per heavy atom. The quantitative estimate of drug-likeness (QED) is 0.512. The molecule has 1 aromatic carbocycles. The van der Waals surface area contributed by atoms with Gasteiger partial charge in [0, 0.05) is 72.9 Å². The van der Waals surface area contributed by atoms with Crippen molar-refractivity contribution in [2.75, 3.05) is 59.9 Å². The Morgan fingerprint density at radius 1 is 1.03 bits per heavy atom. The van der Waals surface area contributed by atoms with Crippen molar-refractivity contribution >= 4 is 11.9 Å². The third-order valence-corrected chi connectivity index (χ3v) is 6.74. The van der Waals surface area contributed by atoms with Crippen molar-refractivity contribution < 1.29 is 4.79 Å². The Kier molecular flexibility index (Phi) is 9.15. The maximum absolute atomic E-state index is 11.7. The van der Waals surface area contributed by atoms with Crippen LogP contribution in [0.1, 0.15) is 37.3 Å². The summed E-state index contributed by atoms with van der Waals surface area (Å²) in [6.45, 7) is 11.7. The molecule has 3 rings (SSSR count). The fourth-order valence-corrected chi connectivity index (χ4v) is 4.61. The van der Waals surface area contributed by atoms with Crippen LogP contribution in [0.5, 0.6) is 0 Å². The van der Waals surface area contributed by atoms with Gasteiger partial charge >= 0.3 is 0 Å². The zero-order valence-electron chi connectivity index (χ0n) is 19.6. The summed E-state index contributed by atoms with van der Waals surface area (Å²) < 4.78 is 0. The first-order valence-electron chi connectivity index (χ1n) is 11.8. The highest BCUT2D eigenvalue weighted by molar-refractivity contribution is 5.80. The molecule has 2 N–H and O–H groups in total. The first-order valence-corrected chi connectivity index (χ1v) is 11.8. The summed E-state index contributed by atoms with van der Waals surface area (Å²) in [4.78, 5) is 23.6. The normalized spacial score (nSPS) is 19.5. The SMILES string of the molecule is CCN1CCN(Cc2ccccc2CNC(=NC)N2CCC(CC(=O)NC)CC2)CC1. The van der Waals surface area contributed by atoms with Crippen molar-refractivity contribution in [2.45, 2.75) is 39.3 Å². The van der Waals surface area contributed by atoms with Gasteiger partial charge in [-0.1, -0.05) is 31.2 Å². The average molecular weight is 429 g/mol. The Hall–Kier alpha value is -2.12. The van der Waals surface area contributed by atoms with Crippen molar-refractivity contribution in [1.82, 2.24) is 25.3 Å². The highest BCUT2D eigenvalue weighted by atomic mass is 16.1. The zero-order chi connectivity index (χ0) is 22.1. The number of carbonyl (C=O) groups is 1. The van der Waals surface area contributed by atoms with Crippen LogP contribution in [0.15, 0.2) is 29.3 Å². The van der Waals surface area contributed by atoms with Crippen molar-refractivity contribution in [3.63, 3.8) is 0 Å². The predicted molar refractivity (Wildman–Crippen MR) is 127 cm³/mol. The summed E-state index contributed by atoms with van der Waals surface area (Å²) in [6, 6.07) is 8.76. The minimum atomic E-state index is 0.147. The van der Waals surface area contributed by atoms with Gasteiger partial charge in [-0.2, -0.15) is 0 Å². The summed E-state index contributed by atoms with van der Waals surface area (Å²) in [5.74, 6) is 1.58. The molecule has 0 unspecified atom stereocenters. The van der Waals surface area contributed by atoms with E-state index in [2.05, 4.69) is 61.5 Å². The second-order valence-electron chi connectivity index (χ2n) is 8.69. The van der Waals surface area contributed by atoms with Crippen molar-refractivity contribution in [3.05, 3.63) is 35.4 Å². The van der Waals surface area contributed by atoms with Crippen LogP contribution >= 0.6 is 0 Å². The minimum Gasteiger partial charge on any atom is -0.359 e. The van der Waals surface area contributed by atoms with Gasteiger partial charge < -0.3 is 20.4 Å². The number of benzene rings is 1. The molecule has 7 heteroatoms. The lowest BCUT2D eigenvalue weighted by Crippen LogP contribution is -2.46. The average Bonchev–Trinajstić information content (AvgIpc) is 2.82. The summed E-state index contributed by atoms with van der Waals surface area (Å²) >= 11 is 0. The number of aliphatic imine (C=N–C) groups is 1. The number of hydrogen-bond donors (Lipinski definition) is 2. The fourth-order valence-electron chi connectivity index (χ4n) is 4.61. The summed E-state index contributed by atoms with van der Waals surface area (Å²) in [6.07, 6.45) is 2.71. The molecule has 0 aliphatic carbocycles. The molecule has 0 radical (unpaired) electrons. The van der Waals surface area contributed by atoms with Crippen LogP contribution in [0.25, 0.3) is 0 Å². The highest BCUT2D eigenvalue weighted by Crippen LogP contribution is 2.21. The second kappa shape index (κ2) is 12.1. The Labute approximate surface area is 187 Å². The molecule has 0 bridgehead atoms. The van der Waals surface area contributed by atoms with Crippen LogP contribution in [-0.4, -0.2) is 86.5 Å². The van der Waals surface area contributed by atoms with E-state index >= 15 is 0 Å². The smallest absolute Gasteiger partial charge is 0.220 e. The summed E-state index contributed by atoms with van der Waals surface area (Å²) in [7, 11) is 3.57. The van der Waals surface area contributed by atoms with Gasteiger partial charge in [-0.25, -0.2) is 0 Å². The largest absolute Gasteiger partial charge is 0.359 e. The number of likely N-dealkylation sites (N-methyl/N-ethyl adjacent to an activating group) is 1. The number of guanidine groups is 1. The number of carbonyl (C=O) groups excluding carboxylic acids is 1. The number of nitrogens with zero attached hydrogens (tertiary/aromatic N) is 4. The molecule has 2 heterocycles. The maximum Gasteiger partial charge on any atom is 0.220 e. The van der Waals surface area contributed by atoms with E-state index in [1.165, 1.54) is 24.2 Å². The number of rotatable bonds is 7. The van der Waals surface area contributed by atoms with E-state index in [4.69, 9.17) is 0 Å². The van der Waals surface area contributed by atoms with Crippen LogP contribution in [-0.2, 0) is 17.9 Å². The van der Waals surface area contributed by atoms with E-state index in [1.807, 2.05) is 7.05 Å². The van der Waals surface area contributed by atoms with Gasteiger partial charge in [0.05, 0.1) is 0 Å². The standard InChI is InChI=1S/C24H40N6O/c1-4-28-13-15-29(16-14-28)19-22-8-6-5-7-21(22)18-27-24(26-3)30-11-9-20(10-12-30)17-23(31)25-2/h5-8,20H,4,9-19H2,1-3H3,(H,25,31)(H,26,27). The molecule has 1 aromatic rings. The lowest BCUT2D eigenvalue weighted by Gasteiger charge is -2.35. The van der Waals surface area contributed by atoms with E-state index in [-0.39, 0.29) is 5.91 Å². The molecule has 0 aromatic heterocycles. The molecule has 31 heavy (non-hydrogen) atoms. The van der Waals surface area contributed by atoms with Gasteiger partial charge in [0.25, 0.3) is 0 Å². The molecular formula is C24H40N6O. The van der Waals surface area contributed by atoms with Gasteiger partial charge in [-0.05, 0) is 36.4 Å². The van der Waals surface area contributed by atoms with Crippen molar-refractivity contribution in [3.8, 4) is 0 Å². The molecule has 2 aliphatic rings. The van der Waals surface area contributed by atoms with Crippen LogP contribution in [0.2, 0.25) is 0 Å². The minimum absolute atomic E-state index is 0.147. The van der Waals surface area contributed by atoms with Gasteiger partial charge in [0.15, 0.2) is 5.96 Å². The van der Waals surface area contributed by atoms with Crippen molar-refractivity contribution in [2.24, 2.45) is 10.9 Å². The lowest BCUT2D eigenvalue weighted by atomic mass is 9.93. The fraction of sp³-hybridized carbons (Fsp3) is 0.667. The number of hydrogen-bond acceptors (Lipinski definition) is 4.